The van der Waals surface area contributed by atoms with E-state index in [-0.39, 0.29) is 23.0 Å². The van der Waals surface area contributed by atoms with E-state index in [9.17, 15) is 10.2 Å². The topological polar surface area (TPSA) is 96.7 Å². The second-order valence-electron chi connectivity index (χ2n) is 7.15. The Kier molecular flexibility index (Phi) is 5.49. The number of anilines is 1. The molecule has 2 heterocycles. The van der Waals surface area contributed by atoms with Gasteiger partial charge in [0.05, 0.1) is 20.3 Å². The van der Waals surface area contributed by atoms with Crippen molar-refractivity contribution in [2.45, 2.75) is 13.0 Å². The molecule has 1 unspecified atom stereocenters. The fourth-order valence-electron chi connectivity index (χ4n) is 3.50. The maximum Gasteiger partial charge on any atom is 0.200 e. The quantitative estimate of drug-likeness (QED) is 0.423. The Morgan fingerprint density at radius 2 is 1.65 bits per heavy atom. The number of pyridine rings is 2. The number of aryl methyl sites for hydroxylation is 1. The third-order valence-electron chi connectivity index (χ3n) is 5.13. The molecule has 7 nitrogen and oxygen atoms in total. The first-order valence-corrected chi connectivity index (χ1v) is 9.72. The van der Waals surface area contributed by atoms with E-state index in [4.69, 9.17) is 9.47 Å². The number of hydrogen-bond donors (Lipinski definition) is 3. The average molecular weight is 417 g/mol. The average Bonchev–Trinajstić information content (AvgIpc) is 2.80. The summed E-state index contributed by atoms with van der Waals surface area (Å²) >= 11 is 0. The van der Waals surface area contributed by atoms with Crippen molar-refractivity contribution in [3.8, 4) is 23.0 Å². The molecule has 0 bridgehead atoms. The summed E-state index contributed by atoms with van der Waals surface area (Å²) in [5, 5.41) is 25.6. The molecule has 4 aromatic rings. The Labute approximate surface area is 179 Å². The van der Waals surface area contributed by atoms with Crippen molar-refractivity contribution in [2.24, 2.45) is 0 Å². The number of fused-ring (bicyclic) bond motifs is 1. The second kappa shape index (κ2) is 8.39. The van der Waals surface area contributed by atoms with Gasteiger partial charge in [-0.15, -0.1) is 0 Å². The molecule has 7 heteroatoms. The van der Waals surface area contributed by atoms with E-state index in [0.29, 0.717) is 22.5 Å². The fraction of sp³-hybridized carbons (Fsp3) is 0.167. The zero-order valence-corrected chi connectivity index (χ0v) is 17.5. The van der Waals surface area contributed by atoms with Crippen molar-refractivity contribution < 1.29 is 19.7 Å². The van der Waals surface area contributed by atoms with Crippen molar-refractivity contribution in [3.05, 3.63) is 77.6 Å². The highest BCUT2D eigenvalue weighted by molar-refractivity contribution is 5.86. The minimum Gasteiger partial charge on any atom is -0.505 e. The summed E-state index contributed by atoms with van der Waals surface area (Å²) in [4.78, 5) is 8.78. The highest BCUT2D eigenvalue weighted by atomic mass is 16.5. The van der Waals surface area contributed by atoms with Crippen LogP contribution >= 0.6 is 0 Å². The number of phenolic OH excluding ortho intramolecular Hbond substituents is 2. The van der Waals surface area contributed by atoms with Crippen LogP contribution < -0.4 is 14.8 Å². The lowest BCUT2D eigenvalue weighted by molar-refractivity contribution is 0.339. The van der Waals surface area contributed by atoms with E-state index >= 15 is 0 Å². The van der Waals surface area contributed by atoms with Crippen LogP contribution in [0.3, 0.4) is 0 Å². The number of aromatic nitrogens is 2. The van der Waals surface area contributed by atoms with Crippen LogP contribution in [0.4, 0.5) is 5.82 Å². The lowest BCUT2D eigenvalue weighted by Crippen LogP contribution is -2.14. The van der Waals surface area contributed by atoms with E-state index in [1.807, 2.05) is 43.3 Å². The lowest BCUT2D eigenvalue weighted by Gasteiger charge is -2.23. The summed E-state index contributed by atoms with van der Waals surface area (Å²) in [6, 6.07) is 14.2. The molecule has 3 N–H and O–H groups in total. The van der Waals surface area contributed by atoms with Gasteiger partial charge in [0, 0.05) is 23.3 Å². The molecule has 1 atom stereocenters. The molecule has 2 aromatic heterocycles. The largest absolute Gasteiger partial charge is 0.505 e. The van der Waals surface area contributed by atoms with Gasteiger partial charge in [-0.1, -0.05) is 24.3 Å². The smallest absolute Gasteiger partial charge is 0.200 e. The summed E-state index contributed by atoms with van der Waals surface area (Å²) in [6.07, 6.45) is 3.40. The standard InChI is InChI=1S/C24H23N3O4/c1-14-6-9-20(26-13-14)27-21(16-11-18(30-2)24(29)19(12-16)31-3)17-8-7-15-5-4-10-25-22(15)23(17)28/h4-13,21,28-29H,1-3H3,(H,26,27). The van der Waals surface area contributed by atoms with Crippen molar-refractivity contribution in [1.82, 2.24) is 9.97 Å². The molecule has 158 valence electrons. The monoisotopic (exact) mass is 417 g/mol. The molecule has 0 aliphatic heterocycles. The zero-order valence-electron chi connectivity index (χ0n) is 17.5. The second-order valence-corrected chi connectivity index (χ2v) is 7.15. The van der Waals surface area contributed by atoms with Crippen LogP contribution in [0.1, 0.15) is 22.7 Å². The molecule has 0 saturated heterocycles. The highest BCUT2D eigenvalue weighted by Gasteiger charge is 2.23. The van der Waals surface area contributed by atoms with Crippen molar-refractivity contribution in [1.29, 1.82) is 0 Å². The lowest BCUT2D eigenvalue weighted by atomic mass is 9.95. The minimum atomic E-state index is -0.523. The van der Waals surface area contributed by atoms with Crippen molar-refractivity contribution in [2.75, 3.05) is 19.5 Å². The molecule has 0 aliphatic rings. The van der Waals surface area contributed by atoms with Gasteiger partial charge in [-0.3, -0.25) is 4.98 Å². The molecule has 2 aromatic carbocycles. The molecular formula is C24H23N3O4. The molecule has 0 radical (unpaired) electrons. The summed E-state index contributed by atoms with van der Waals surface area (Å²) in [7, 11) is 2.94. The van der Waals surface area contributed by atoms with Gasteiger partial charge in [0.25, 0.3) is 0 Å². The first kappa shape index (κ1) is 20.3. The number of nitrogens with zero attached hydrogens (tertiary/aromatic N) is 2. The minimum absolute atomic E-state index is 0.0636. The number of ether oxygens (including phenoxy) is 2. The third-order valence-corrected chi connectivity index (χ3v) is 5.13. The SMILES string of the molecule is COc1cc(C(Nc2ccc(C)cn2)c2ccc3cccnc3c2O)cc(OC)c1O. The molecule has 0 spiro atoms. The molecule has 31 heavy (non-hydrogen) atoms. The molecular weight excluding hydrogens is 394 g/mol. The van der Waals surface area contributed by atoms with Gasteiger partial charge in [-0.05, 0) is 42.3 Å². The Morgan fingerprint density at radius 1 is 0.903 bits per heavy atom. The van der Waals surface area contributed by atoms with E-state index < -0.39 is 6.04 Å². The fourth-order valence-corrected chi connectivity index (χ4v) is 3.50. The zero-order chi connectivity index (χ0) is 22.0. The Hall–Kier alpha value is -4.00. The van der Waals surface area contributed by atoms with Gasteiger partial charge in [0.2, 0.25) is 5.75 Å². The van der Waals surface area contributed by atoms with Gasteiger partial charge < -0.3 is 25.0 Å². The number of methoxy groups -OCH3 is 2. The van der Waals surface area contributed by atoms with Crippen LogP contribution in [0.15, 0.2) is 60.9 Å². The van der Waals surface area contributed by atoms with E-state index in [1.165, 1.54) is 14.2 Å². The van der Waals surface area contributed by atoms with Crippen LogP contribution in [0.25, 0.3) is 10.9 Å². The van der Waals surface area contributed by atoms with Gasteiger partial charge >= 0.3 is 0 Å². The highest BCUT2D eigenvalue weighted by Crippen LogP contribution is 2.43. The van der Waals surface area contributed by atoms with Gasteiger partial charge in [0.15, 0.2) is 11.5 Å². The number of hydrogen-bond acceptors (Lipinski definition) is 7. The normalized spacial score (nSPS) is 11.8. The van der Waals surface area contributed by atoms with Crippen LogP contribution in [0.2, 0.25) is 0 Å². The summed E-state index contributed by atoms with van der Waals surface area (Å²) in [5.74, 6) is 1.12. The first-order valence-electron chi connectivity index (χ1n) is 9.72. The number of benzene rings is 2. The summed E-state index contributed by atoms with van der Waals surface area (Å²) < 4.78 is 10.7. The predicted molar refractivity (Wildman–Crippen MR) is 119 cm³/mol. The molecule has 0 aliphatic carbocycles. The van der Waals surface area contributed by atoms with Crippen LogP contribution in [-0.2, 0) is 0 Å². The van der Waals surface area contributed by atoms with Gasteiger partial charge in [0.1, 0.15) is 17.1 Å². The van der Waals surface area contributed by atoms with Crippen molar-refractivity contribution >= 4 is 16.7 Å². The number of rotatable bonds is 6. The molecule has 0 fully saturated rings. The van der Waals surface area contributed by atoms with Crippen LogP contribution in [-0.4, -0.2) is 34.4 Å². The summed E-state index contributed by atoms with van der Waals surface area (Å²) in [6.45, 7) is 1.96. The summed E-state index contributed by atoms with van der Waals surface area (Å²) in [5.41, 5.74) is 2.84. The molecule has 0 amide bonds. The van der Waals surface area contributed by atoms with Crippen LogP contribution in [0.5, 0.6) is 23.0 Å². The van der Waals surface area contributed by atoms with Gasteiger partial charge in [-0.25, -0.2) is 4.98 Å². The van der Waals surface area contributed by atoms with E-state index in [1.54, 1.807) is 24.5 Å². The van der Waals surface area contributed by atoms with E-state index in [2.05, 4.69) is 15.3 Å². The Balaban J connectivity index is 1.90. The first-order chi connectivity index (χ1) is 15.0. The predicted octanol–water partition coefficient (Wildman–Crippen LogP) is 4.57. The van der Waals surface area contributed by atoms with E-state index in [0.717, 1.165) is 10.9 Å². The van der Waals surface area contributed by atoms with Gasteiger partial charge in [-0.2, -0.15) is 0 Å². The maximum absolute atomic E-state index is 11.1. The maximum atomic E-state index is 11.1. The Bertz CT molecular complexity index is 1200. The molecule has 0 saturated carbocycles. The Morgan fingerprint density at radius 3 is 2.29 bits per heavy atom. The number of nitrogens with one attached hydrogen (secondary N) is 1. The van der Waals surface area contributed by atoms with Crippen LogP contribution in [0, 0.1) is 6.92 Å². The molecule has 4 rings (SSSR count). The number of aromatic hydroxyl groups is 2. The third kappa shape index (κ3) is 3.90. The van der Waals surface area contributed by atoms with Crippen molar-refractivity contribution in [3.63, 3.8) is 0 Å². The number of phenols is 2.